The summed E-state index contributed by atoms with van der Waals surface area (Å²) in [5.74, 6) is 1.12. The molecule has 2 atom stereocenters. The molecule has 7 nitrogen and oxygen atoms in total. The van der Waals surface area contributed by atoms with Crippen molar-refractivity contribution in [3.8, 4) is 11.5 Å². The molecule has 0 saturated carbocycles. The minimum atomic E-state index is -1.74. The van der Waals surface area contributed by atoms with Crippen LogP contribution < -0.4 is 9.47 Å². The van der Waals surface area contributed by atoms with Crippen molar-refractivity contribution in [1.82, 2.24) is 4.90 Å². The molecule has 0 aliphatic carbocycles. The monoisotopic (exact) mass is 499 g/mol. The number of hydrogen-bond acceptors (Lipinski definition) is 5. The van der Waals surface area contributed by atoms with Crippen LogP contribution in [0.2, 0.25) is 10.0 Å². The second-order valence-electron chi connectivity index (χ2n) is 9.00. The summed E-state index contributed by atoms with van der Waals surface area (Å²) >= 11 is 12.2. The summed E-state index contributed by atoms with van der Waals surface area (Å²) in [4.78, 5) is 13.0. The number of nitrogens with zero attached hydrogens (tertiary/aromatic N) is 1. The zero-order valence-corrected chi connectivity index (χ0v) is 20.7. The van der Waals surface area contributed by atoms with E-state index in [-0.39, 0.29) is 31.1 Å². The predicted molar refractivity (Wildman–Crippen MR) is 129 cm³/mol. The van der Waals surface area contributed by atoms with Gasteiger partial charge >= 0.3 is 6.09 Å². The quantitative estimate of drug-likeness (QED) is 0.423. The second kappa shape index (κ2) is 11.3. The van der Waals surface area contributed by atoms with Gasteiger partial charge in [0, 0.05) is 6.54 Å². The fraction of sp³-hybridized carbons (Fsp3) is 0.458. The summed E-state index contributed by atoms with van der Waals surface area (Å²) in [5, 5.41) is 32.2. The first kappa shape index (κ1) is 27.1. The molecule has 0 spiro atoms. The number of halogens is 2. The Hall–Kier alpha value is -2.19. The number of benzene rings is 2. The highest BCUT2D eigenvalue weighted by Crippen LogP contribution is 2.31. The third-order valence-corrected chi connectivity index (χ3v) is 6.13. The molecule has 0 aliphatic heterocycles. The highest BCUT2D eigenvalue weighted by Gasteiger charge is 2.36. The van der Waals surface area contributed by atoms with Gasteiger partial charge in [0.05, 0.1) is 29.8 Å². The molecule has 3 N–H and O–H groups in total. The van der Waals surface area contributed by atoms with E-state index in [4.69, 9.17) is 32.7 Å². The SMILES string of the molecule is COc1ccc(OCC(O)(CN(CCC(O)C(C)(C)C)C(=O)O)c2ccc(Cl)c(Cl)c2)cc1. The van der Waals surface area contributed by atoms with E-state index in [1.165, 1.54) is 12.1 Å². The van der Waals surface area contributed by atoms with Crippen molar-refractivity contribution in [2.24, 2.45) is 5.41 Å². The van der Waals surface area contributed by atoms with Crippen LogP contribution in [0.3, 0.4) is 0 Å². The van der Waals surface area contributed by atoms with E-state index < -0.39 is 23.2 Å². The zero-order valence-electron chi connectivity index (χ0n) is 19.2. The van der Waals surface area contributed by atoms with Crippen LogP contribution in [0.5, 0.6) is 11.5 Å². The zero-order chi connectivity index (χ0) is 24.8. The highest BCUT2D eigenvalue weighted by molar-refractivity contribution is 6.42. The molecule has 0 aromatic heterocycles. The van der Waals surface area contributed by atoms with Crippen molar-refractivity contribution in [3.05, 3.63) is 58.1 Å². The molecular formula is C24H31Cl2NO6. The maximum atomic E-state index is 12.0. The number of methoxy groups -OCH3 is 1. The van der Waals surface area contributed by atoms with Gasteiger partial charge in [-0.3, -0.25) is 0 Å². The number of aliphatic hydroxyl groups is 2. The van der Waals surface area contributed by atoms with Gasteiger partial charge in [0.15, 0.2) is 0 Å². The molecule has 182 valence electrons. The molecule has 0 radical (unpaired) electrons. The largest absolute Gasteiger partial charge is 0.497 e. The highest BCUT2D eigenvalue weighted by atomic mass is 35.5. The van der Waals surface area contributed by atoms with E-state index in [2.05, 4.69) is 0 Å². The number of rotatable bonds is 10. The number of amides is 1. The Bertz CT molecular complexity index is 932. The van der Waals surface area contributed by atoms with E-state index >= 15 is 0 Å². The topological polar surface area (TPSA) is 99.5 Å². The number of carboxylic acid groups (broad SMARTS) is 1. The molecule has 1 amide bonds. The molecule has 2 aromatic carbocycles. The number of hydrogen-bond donors (Lipinski definition) is 3. The van der Waals surface area contributed by atoms with Gasteiger partial charge in [0.2, 0.25) is 0 Å². The maximum Gasteiger partial charge on any atom is 0.407 e. The lowest BCUT2D eigenvalue weighted by Crippen LogP contribution is -2.48. The average Bonchev–Trinajstić information content (AvgIpc) is 2.76. The van der Waals surface area contributed by atoms with Gasteiger partial charge in [-0.2, -0.15) is 0 Å². The van der Waals surface area contributed by atoms with Crippen LogP contribution in [0.1, 0.15) is 32.8 Å². The third-order valence-electron chi connectivity index (χ3n) is 5.39. The van der Waals surface area contributed by atoms with Gasteiger partial charge in [-0.15, -0.1) is 0 Å². The Labute approximate surface area is 204 Å². The molecule has 9 heteroatoms. The summed E-state index contributed by atoms with van der Waals surface area (Å²) in [6.07, 6.45) is -1.72. The minimum Gasteiger partial charge on any atom is -0.497 e. The molecule has 0 bridgehead atoms. The van der Waals surface area contributed by atoms with Gasteiger partial charge in [-0.1, -0.05) is 50.0 Å². The van der Waals surface area contributed by atoms with Crippen molar-refractivity contribution in [2.45, 2.75) is 38.9 Å². The summed E-state index contributed by atoms with van der Waals surface area (Å²) in [6.45, 7) is 5.10. The molecule has 2 rings (SSSR count). The van der Waals surface area contributed by atoms with Gasteiger partial charge in [0.25, 0.3) is 0 Å². The van der Waals surface area contributed by atoms with Gasteiger partial charge in [-0.25, -0.2) is 4.79 Å². The first-order valence-corrected chi connectivity index (χ1v) is 11.2. The van der Waals surface area contributed by atoms with E-state index in [9.17, 15) is 20.1 Å². The molecule has 2 unspecified atom stereocenters. The standard InChI is InChI=1S/C24H31Cl2NO6/c1-23(2,3)21(28)11-12-27(22(29)30)14-24(31,16-5-10-19(25)20(26)13-16)15-33-18-8-6-17(32-4)7-9-18/h5-10,13,21,28,31H,11-12,14-15H2,1-4H3,(H,29,30). The molecule has 33 heavy (non-hydrogen) atoms. The number of aliphatic hydroxyl groups excluding tert-OH is 1. The Morgan fingerprint density at radius 2 is 1.67 bits per heavy atom. The lowest BCUT2D eigenvalue weighted by molar-refractivity contribution is -0.0373. The van der Waals surface area contributed by atoms with Crippen LogP contribution in [0, 0.1) is 5.41 Å². The summed E-state index contributed by atoms with van der Waals surface area (Å²) < 4.78 is 10.9. The fourth-order valence-electron chi connectivity index (χ4n) is 3.15. The lowest BCUT2D eigenvalue weighted by atomic mass is 9.87. The van der Waals surface area contributed by atoms with E-state index in [0.717, 1.165) is 4.90 Å². The van der Waals surface area contributed by atoms with Crippen molar-refractivity contribution in [2.75, 3.05) is 26.8 Å². The van der Waals surface area contributed by atoms with Crippen LogP contribution >= 0.6 is 23.2 Å². The normalized spacial score (nSPS) is 14.3. The molecule has 0 heterocycles. The summed E-state index contributed by atoms with van der Waals surface area (Å²) in [5.41, 5.74) is -1.78. The Kier molecular flexibility index (Phi) is 9.26. The molecular weight excluding hydrogens is 469 g/mol. The summed E-state index contributed by atoms with van der Waals surface area (Å²) in [6, 6.07) is 11.4. The first-order chi connectivity index (χ1) is 15.4. The molecule has 2 aromatic rings. The lowest BCUT2D eigenvalue weighted by Gasteiger charge is -2.35. The minimum absolute atomic E-state index is 0.0277. The van der Waals surface area contributed by atoms with Crippen LogP contribution in [0.15, 0.2) is 42.5 Å². The first-order valence-electron chi connectivity index (χ1n) is 10.5. The Morgan fingerprint density at radius 3 is 2.18 bits per heavy atom. The molecule has 0 saturated heterocycles. The van der Waals surface area contributed by atoms with Crippen LogP contribution in [0.25, 0.3) is 0 Å². The smallest absolute Gasteiger partial charge is 0.407 e. The Balaban J connectivity index is 2.29. The van der Waals surface area contributed by atoms with Crippen LogP contribution in [-0.4, -0.2) is 59.2 Å². The maximum absolute atomic E-state index is 12.0. The van der Waals surface area contributed by atoms with Crippen molar-refractivity contribution >= 4 is 29.3 Å². The van der Waals surface area contributed by atoms with E-state index in [1.807, 2.05) is 20.8 Å². The predicted octanol–water partition coefficient (Wildman–Crippen LogP) is 5.05. The molecule has 0 aliphatic rings. The van der Waals surface area contributed by atoms with Crippen molar-refractivity contribution < 1.29 is 29.6 Å². The number of carbonyl (C=O) groups is 1. The van der Waals surface area contributed by atoms with Crippen LogP contribution in [0.4, 0.5) is 4.79 Å². The summed E-state index contributed by atoms with van der Waals surface area (Å²) in [7, 11) is 1.55. The Morgan fingerprint density at radius 1 is 1.06 bits per heavy atom. The van der Waals surface area contributed by atoms with Gasteiger partial charge in [0.1, 0.15) is 23.7 Å². The third kappa shape index (κ3) is 7.67. The van der Waals surface area contributed by atoms with E-state index in [1.54, 1.807) is 37.4 Å². The van der Waals surface area contributed by atoms with E-state index in [0.29, 0.717) is 22.1 Å². The second-order valence-corrected chi connectivity index (χ2v) is 9.81. The number of ether oxygens (including phenoxy) is 2. The van der Waals surface area contributed by atoms with Crippen LogP contribution in [-0.2, 0) is 5.60 Å². The molecule has 0 fully saturated rings. The van der Waals surface area contributed by atoms with Gasteiger partial charge in [-0.05, 0) is 53.8 Å². The van der Waals surface area contributed by atoms with Crippen molar-refractivity contribution in [3.63, 3.8) is 0 Å². The fourth-order valence-corrected chi connectivity index (χ4v) is 3.45. The van der Waals surface area contributed by atoms with Gasteiger partial charge < -0.3 is 29.7 Å². The average molecular weight is 500 g/mol. The van der Waals surface area contributed by atoms with Crippen molar-refractivity contribution in [1.29, 1.82) is 0 Å².